The highest BCUT2D eigenvalue weighted by atomic mass is 32.2. The maximum atomic E-state index is 12.7. The van der Waals surface area contributed by atoms with Crippen LogP contribution in [0.5, 0.6) is 0 Å². The number of rotatable bonds is 11. The van der Waals surface area contributed by atoms with Crippen molar-refractivity contribution in [2.24, 2.45) is 33.9 Å². The number of amides is 1. The second kappa shape index (κ2) is 12.2. The van der Waals surface area contributed by atoms with Gasteiger partial charge in [-0.05, 0) is 111 Å². The highest BCUT2D eigenvalue weighted by molar-refractivity contribution is 8.00. The first-order valence-corrected chi connectivity index (χ1v) is 16.6. The SMILES string of the molecule is COC[C@@H](NC(=O)c1ccc(N=Nc2ccc(SC3C4CC5CC(C4)CC3C5)cc2)cc1)[C@@H](C)OP(C)(=O)O. The number of hydrogen-bond donors (Lipinski definition) is 2. The van der Waals surface area contributed by atoms with Crippen LogP contribution in [0, 0.1) is 23.7 Å². The first-order valence-electron chi connectivity index (χ1n) is 13.7. The van der Waals surface area contributed by atoms with Crippen molar-refractivity contribution in [2.75, 3.05) is 20.4 Å². The van der Waals surface area contributed by atoms with Gasteiger partial charge in [-0.2, -0.15) is 10.2 Å². The van der Waals surface area contributed by atoms with E-state index in [9.17, 15) is 14.3 Å². The highest BCUT2D eigenvalue weighted by Gasteiger charge is 2.48. The molecular weight excluding hydrogens is 533 g/mol. The van der Waals surface area contributed by atoms with E-state index in [4.69, 9.17) is 9.26 Å². The van der Waals surface area contributed by atoms with Crippen LogP contribution in [0.25, 0.3) is 0 Å². The summed E-state index contributed by atoms with van der Waals surface area (Å²) in [5, 5.41) is 12.3. The molecule has 2 aromatic rings. The maximum absolute atomic E-state index is 12.7. The summed E-state index contributed by atoms with van der Waals surface area (Å²) in [6.45, 7) is 2.87. The highest BCUT2D eigenvalue weighted by Crippen LogP contribution is 2.58. The molecule has 210 valence electrons. The minimum Gasteiger partial charge on any atom is -0.382 e. The van der Waals surface area contributed by atoms with Crippen LogP contribution in [-0.2, 0) is 13.8 Å². The van der Waals surface area contributed by atoms with Crippen molar-refractivity contribution in [3.8, 4) is 0 Å². The number of methoxy groups -OCH3 is 1. The summed E-state index contributed by atoms with van der Waals surface area (Å²) in [7, 11) is -2.21. The Morgan fingerprint density at radius 1 is 1.00 bits per heavy atom. The number of carbonyl (C=O) groups is 1. The van der Waals surface area contributed by atoms with Crippen LogP contribution < -0.4 is 5.32 Å². The Morgan fingerprint density at radius 3 is 2.05 bits per heavy atom. The number of hydrogen-bond acceptors (Lipinski definition) is 7. The van der Waals surface area contributed by atoms with E-state index in [-0.39, 0.29) is 12.5 Å². The van der Waals surface area contributed by atoms with E-state index in [1.165, 1.54) is 44.1 Å². The minimum absolute atomic E-state index is 0.138. The summed E-state index contributed by atoms with van der Waals surface area (Å²) >= 11 is 2.07. The molecule has 0 radical (unpaired) electrons. The number of azo groups is 1. The lowest BCUT2D eigenvalue weighted by molar-refractivity contribution is 0.0267. The third-order valence-electron chi connectivity index (χ3n) is 8.25. The lowest BCUT2D eigenvalue weighted by Crippen LogP contribution is -2.46. The third kappa shape index (κ3) is 7.39. The number of ether oxygens (including phenoxy) is 1. The molecule has 0 heterocycles. The predicted octanol–water partition coefficient (Wildman–Crippen LogP) is 6.98. The molecule has 3 atom stereocenters. The molecule has 0 spiro atoms. The van der Waals surface area contributed by atoms with Crippen molar-refractivity contribution in [3.05, 3.63) is 54.1 Å². The van der Waals surface area contributed by atoms with Crippen LogP contribution in [-0.4, -0.2) is 48.6 Å². The Morgan fingerprint density at radius 2 is 1.54 bits per heavy atom. The number of nitrogens with one attached hydrogen (secondary N) is 1. The molecule has 4 aliphatic rings. The van der Waals surface area contributed by atoms with Crippen LogP contribution >= 0.6 is 19.4 Å². The number of thioether (sulfide) groups is 1. The molecule has 8 nitrogen and oxygen atoms in total. The number of carbonyl (C=O) groups excluding carboxylic acids is 1. The van der Waals surface area contributed by atoms with Gasteiger partial charge in [0.15, 0.2) is 0 Å². The normalized spacial score (nSPS) is 28.8. The Kier molecular flexibility index (Phi) is 8.94. The van der Waals surface area contributed by atoms with Gasteiger partial charge in [-0.3, -0.25) is 9.36 Å². The molecular formula is C29H38N3O5PS. The molecule has 1 amide bonds. The van der Waals surface area contributed by atoms with Crippen LogP contribution in [0.1, 0.15) is 49.4 Å². The van der Waals surface area contributed by atoms with E-state index >= 15 is 0 Å². The fourth-order valence-electron chi connectivity index (χ4n) is 6.72. The van der Waals surface area contributed by atoms with Gasteiger partial charge in [0.25, 0.3) is 5.91 Å². The van der Waals surface area contributed by atoms with Crippen molar-refractivity contribution in [3.63, 3.8) is 0 Å². The van der Waals surface area contributed by atoms with E-state index in [0.717, 1.165) is 41.3 Å². The van der Waals surface area contributed by atoms with Crippen LogP contribution in [0.4, 0.5) is 11.4 Å². The van der Waals surface area contributed by atoms with Crippen molar-refractivity contribution in [2.45, 2.75) is 61.3 Å². The van der Waals surface area contributed by atoms with Gasteiger partial charge in [-0.1, -0.05) is 0 Å². The van der Waals surface area contributed by atoms with Gasteiger partial charge in [-0.15, -0.1) is 11.8 Å². The molecule has 4 saturated carbocycles. The zero-order valence-electron chi connectivity index (χ0n) is 22.7. The standard InChI is InChI=1S/C29H38N3O5PS/c1-18(37-38(3,34)35)27(17-36-2)30-29(33)21-4-6-24(7-5-21)31-32-25-8-10-26(11-9-25)39-28-22-13-19-12-20(15-22)16-23(28)14-19/h4-11,18-20,22-23,27-28H,12-17H2,1-3H3,(H,30,33)(H,34,35)/t18-,19?,20?,22?,23?,27-,28?/m1/s1. The van der Waals surface area contributed by atoms with Crippen LogP contribution in [0.15, 0.2) is 63.7 Å². The molecule has 39 heavy (non-hydrogen) atoms. The zero-order chi connectivity index (χ0) is 27.6. The van der Waals surface area contributed by atoms with Crippen LogP contribution in [0.2, 0.25) is 0 Å². The molecule has 6 rings (SSSR count). The Hall–Kier alpha value is -2.03. The van der Waals surface area contributed by atoms with Gasteiger partial charge >= 0.3 is 7.60 Å². The van der Waals surface area contributed by atoms with E-state index in [0.29, 0.717) is 11.3 Å². The predicted molar refractivity (Wildman–Crippen MR) is 153 cm³/mol. The summed E-state index contributed by atoms with van der Waals surface area (Å²) in [6.07, 6.45) is 6.52. The van der Waals surface area contributed by atoms with Gasteiger partial charge < -0.3 is 19.5 Å². The topological polar surface area (TPSA) is 110 Å². The Labute approximate surface area is 234 Å². The second-order valence-corrected chi connectivity index (χ2v) is 14.5. The quantitative estimate of drug-likeness (QED) is 0.222. The number of nitrogens with zero attached hydrogens (tertiary/aromatic N) is 2. The molecule has 10 heteroatoms. The lowest BCUT2D eigenvalue weighted by atomic mass is 9.56. The summed E-state index contributed by atoms with van der Waals surface area (Å²) in [4.78, 5) is 23.6. The fraction of sp³-hybridized carbons (Fsp3) is 0.552. The molecule has 0 aromatic heterocycles. The summed E-state index contributed by atoms with van der Waals surface area (Å²) in [6, 6.07) is 14.6. The molecule has 2 aromatic carbocycles. The van der Waals surface area contributed by atoms with Gasteiger partial charge in [-0.25, -0.2) is 0 Å². The summed E-state index contributed by atoms with van der Waals surface area (Å²) in [5.74, 6) is 3.45. The lowest BCUT2D eigenvalue weighted by Gasteiger charge is -2.54. The van der Waals surface area contributed by atoms with Gasteiger partial charge in [0.05, 0.1) is 30.1 Å². The monoisotopic (exact) mass is 571 g/mol. The van der Waals surface area contributed by atoms with E-state index in [2.05, 4.69) is 39.4 Å². The average Bonchev–Trinajstić information content (AvgIpc) is 2.89. The summed E-state index contributed by atoms with van der Waals surface area (Å²) in [5.41, 5.74) is 1.85. The smallest absolute Gasteiger partial charge is 0.325 e. The fourth-order valence-corrected chi connectivity index (χ4v) is 8.92. The molecule has 2 N–H and O–H groups in total. The van der Waals surface area contributed by atoms with Gasteiger partial charge in [0.2, 0.25) is 0 Å². The van der Waals surface area contributed by atoms with E-state index in [1.54, 1.807) is 31.2 Å². The van der Waals surface area contributed by atoms with Crippen LogP contribution in [0.3, 0.4) is 0 Å². The molecule has 4 bridgehead atoms. The average molecular weight is 572 g/mol. The molecule has 4 fully saturated rings. The maximum Gasteiger partial charge on any atom is 0.325 e. The Bertz CT molecular complexity index is 1190. The Balaban J connectivity index is 1.14. The summed E-state index contributed by atoms with van der Waals surface area (Å²) < 4.78 is 21.9. The van der Waals surface area contributed by atoms with Crippen molar-refractivity contribution < 1.29 is 23.5 Å². The largest absolute Gasteiger partial charge is 0.382 e. The molecule has 4 aliphatic carbocycles. The third-order valence-corrected chi connectivity index (χ3v) is 10.6. The minimum atomic E-state index is -3.70. The molecule has 1 unspecified atom stereocenters. The number of benzene rings is 2. The van der Waals surface area contributed by atoms with Crippen molar-refractivity contribution >= 4 is 36.6 Å². The second-order valence-electron chi connectivity index (χ2n) is 11.4. The zero-order valence-corrected chi connectivity index (χ0v) is 24.4. The first-order chi connectivity index (χ1) is 18.7. The van der Waals surface area contributed by atoms with Crippen molar-refractivity contribution in [1.82, 2.24) is 5.32 Å². The molecule has 0 aliphatic heterocycles. The first kappa shape index (κ1) is 28.5. The molecule has 0 saturated heterocycles. The van der Waals surface area contributed by atoms with Gasteiger partial charge in [0, 0.05) is 29.5 Å². The van der Waals surface area contributed by atoms with E-state index < -0.39 is 19.7 Å². The van der Waals surface area contributed by atoms with Crippen molar-refractivity contribution in [1.29, 1.82) is 0 Å². The van der Waals surface area contributed by atoms with E-state index in [1.807, 2.05) is 12.1 Å². The van der Waals surface area contributed by atoms with Gasteiger partial charge in [0.1, 0.15) is 0 Å².